The molecule has 18 heavy (non-hydrogen) atoms. The number of carboxylic acid groups (broad SMARTS) is 1. The number of halogens is 1. The lowest BCUT2D eigenvalue weighted by atomic mass is 10.2. The highest BCUT2D eigenvalue weighted by molar-refractivity contribution is 6.32. The van der Waals surface area contributed by atoms with E-state index in [1.54, 1.807) is 13.0 Å². The monoisotopic (exact) mass is 274 g/mol. The van der Waals surface area contributed by atoms with E-state index in [2.05, 4.69) is 0 Å². The van der Waals surface area contributed by atoms with Gasteiger partial charge in [0.05, 0.1) is 18.7 Å². The molecule has 5 nitrogen and oxygen atoms in total. The van der Waals surface area contributed by atoms with Crippen molar-refractivity contribution in [3.8, 4) is 11.5 Å². The molecule has 0 heterocycles. The van der Waals surface area contributed by atoms with E-state index in [0.29, 0.717) is 17.7 Å². The number of hydrogen-bond donors (Lipinski definition) is 2. The lowest BCUT2D eigenvalue weighted by Crippen LogP contribution is -2.26. The van der Waals surface area contributed by atoms with Crippen LogP contribution in [-0.4, -0.2) is 29.4 Å². The van der Waals surface area contributed by atoms with Gasteiger partial charge in [-0.05, 0) is 24.1 Å². The first kappa shape index (κ1) is 14.6. The first-order chi connectivity index (χ1) is 8.53. The molecule has 2 N–H and O–H groups in total. The number of aliphatic hydroxyl groups is 1. The fourth-order valence-corrected chi connectivity index (χ4v) is 1.71. The Labute approximate surface area is 110 Å². The van der Waals surface area contributed by atoms with Crippen LogP contribution in [0.25, 0.3) is 0 Å². The van der Waals surface area contributed by atoms with E-state index in [9.17, 15) is 4.79 Å². The molecule has 0 aliphatic carbocycles. The Kier molecular flexibility index (Phi) is 5.25. The third kappa shape index (κ3) is 3.27. The molecule has 1 aromatic carbocycles. The highest BCUT2D eigenvalue weighted by Crippen LogP contribution is 2.37. The van der Waals surface area contributed by atoms with Gasteiger partial charge in [-0.2, -0.15) is 0 Å². The number of aliphatic carboxylic acids is 1. The lowest BCUT2D eigenvalue weighted by Gasteiger charge is -2.17. The first-order valence-electron chi connectivity index (χ1n) is 5.40. The molecule has 0 amide bonds. The third-order valence-corrected chi connectivity index (χ3v) is 2.66. The van der Waals surface area contributed by atoms with E-state index in [0.717, 1.165) is 0 Å². The number of hydrogen-bond acceptors (Lipinski definition) is 4. The van der Waals surface area contributed by atoms with Gasteiger partial charge in [0.2, 0.25) is 0 Å². The van der Waals surface area contributed by atoms with E-state index < -0.39 is 12.1 Å². The van der Waals surface area contributed by atoms with Gasteiger partial charge in [0.25, 0.3) is 0 Å². The van der Waals surface area contributed by atoms with Crippen LogP contribution in [0.3, 0.4) is 0 Å². The summed E-state index contributed by atoms with van der Waals surface area (Å²) >= 11 is 5.99. The maximum Gasteiger partial charge on any atom is 0.344 e. The summed E-state index contributed by atoms with van der Waals surface area (Å²) in [4.78, 5) is 10.9. The van der Waals surface area contributed by atoms with Crippen LogP contribution in [0, 0.1) is 0 Å². The van der Waals surface area contributed by atoms with E-state index >= 15 is 0 Å². The fraction of sp³-hybridized carbons (Fsp3) is 0.417. The van der Waals surface area contributed by atoms with Crippen molar-refractivity contribution in [1.82, 2.24) is 0 Å². The van der Waals surface area contributed by atoms with Crippen molar-refractivity contribution >= 4 is 17.6 Å². The quantitative estimate of drug-likeness (QED) is 0.831. The molecule has 0 aliphatic rings. The molecular formula is C12H15ClO5. The summed E-state index contributed by atoms with van der Waals surface area (Å²) < 4.78 is 10.4. The van der Waals surface area contributed by atoms with E-state index in [-0.39, 0.29) is 17.4 Å². The van der Waals surface area contributed by atoms with Crippen LogP contribution in [-0.2, 0) is 11.4 Å². The van der Waals surface area contributed by atoms with Gasteiger partial charge in [0, 0.05) is 0 Å². The number of benzene rings is 1. The Morgan fingerprint density at radius 2 is 2.17 bits per heavy atom. The number of rotatable bonds is 6. The summed E-state index contributed by atoms with van der Waals surface area (Å²) in [5, 5.41) is 18.2. The first-order valence-corrected chi connectivity index (χ1v) is 5.78. The molecule has 0 aromatic heterocycles. The van der Waals surface area contributed by atoms with E-state index in [1.165, 1.54) is 13.2 Å². The zero-order valence-corrected chi connectivity index (χ0v) is 10.9. The number of ether oxygens (including phenoxy) is 2. The molecule has 0 saturated carbocycles. The SMILES string of the molecule is CCC(Oc1c(Cl)cc(CO)cc1OC)C(=O)O. The summed E-state index contributed by atoms with van der Waals surface area (Å²) in [6.45, 7) is 1.51. The Balaban J connectivity index is 3.11. The minimum atomic E-state index is -1.07. The molecule has 0 bridgehead atoms. The second-order valence-electron chi connectivity index (χ2n) is 3.62. The Morgan fingerprint density at radius 3 is 2.61 bits per heavy atom. The maximum absolute atomic E-state index is 10.9. The van der Waals surface area contributed by atoms with Crippen LogP contribution in [0.4, 0.5) is 0 Å². The van der Waals surface area contributed by atoms with Gasteiger partial charge in [0.1, 0.15) is 0 Å². The standard InChI is InChI=1S/C12H15ClO5/c1-3-9(12(15)16)18-11-8(13)4-7(6-14)5-10(11)17-2/h4-5,9,14H,3,6H2,1-2H3,(H,15,16). The number of methoxy groups -OCH3 is 1. The van der Waals surface area contributed by atoms with Crippen LogP contribution in [0.2, 0.25) is 5.02 Å². The van der Waals surface area contributed by atoms with Crippen LogP contribution in [0.15, 0.2) is 12.1 Å². The Morgan fingerprint density at radius 1 is 1.50 bits per heavy atom. The minimum Gasteiger partial charge on any atom is -0.493 e. The molecule has 0 radical (unpaired) electrons. The number of aliphatic hydroxyl groups excluding tert-OH is 1. The predicted molar refractivity (Wildman–Crippen MR) is 66.3 cm³/mol. The maximum atomic E-state index is 10.9. The molecule has 1 unspecified atom stereocenters. The highest BCUT2D eigenvalue weighted by atomic mass is 35.5. The molecule has 1 rings (SSSR count). The van der Waals surface area contributed by atoms with Crippen molar-refractivity contribution in [1.29, 1.82) is 0 Å². The second-order valence-corrected chi connectivity index (χ2v) is 4.03. The van der Waals surface area contributed by atoms with Crippen LogP contribution in [0.5, 0.6) is 11.5 Å². The van der Waals surface area contributed by atoms with Gasteiger partial charge in [-0.25, -0.2) is 4.79 Å². The summed E-state index contributed by atoms with van der Waals surface area (Å²) in [6.07, 6.45) is -0.687. The third-order valence-electron chi connectivity index (χ3n) is 2.38. The summed E-state index contributed by atoms with van der Waals surface area (Å²) in [6, 6.07) is 3.06. The minimum absolute atomic E-state index is 0.172. The molecule has 0 aliphatic heterocycles. The summed E-state index contributed by atoms with van der Waals surface area (Å²) in [5.41, 5.74) is 0.563. The largest absolute Gasteiger partial charge is 0.493 e. The van der Waals surface area contributed by atoms with Gasteiger partial charge < -0.3 is 19.7 Å². The topological polar surface area (TPSA) is 76.0 Å². The molecular weight excluding hydrogens is 260 g/mol. The van der Waals surface area contributed by atoms with Crippen molar-refractivity contribution in [2.24, 2.45) is 0 Å². The molecule has 1 atom stereocenters. The highest BCUT2D eigenvalue weighted by Gasteiger charge is 2.21. The Hall–Kier alpha value is -1.46. The predicted octanol–water partition coefficient (Wildman–Crippen LogP) is 2.08. The average molecular weight is 275 g/mol. The smallest absolute Gasteiger partial charge is 0.344 e. The lowest BCUT2D eigenvalue weighted by molar-refractivity contribution is -0.145. The molecule has 6 heteroatoms. The van der Waals surface area contributed by atoms with E-state index in [1.807, 2.05) is 0 Å². The van der Waals surface area contributed by atoms with Gasteiger partial charge in [-0.15, -0.1) is 0 Å². The molecule has 100 valence electrons. The Bertz CT molecular complexity index is 433. The van der Waals surface area contributed by atoms with Crippen LogP contribution in [0.1, 0.15) is 18.9 Å². The zero-order valence-electron chi connectivity index (χ0n) is 10.1. The van der Waals surface area contributed by atoms with Gasteiger partial charge in [-0.3, -0.25) is 0 Å². The second kappa shape index (κ2) is 6.47. The molecule has 0 spiro atoms. The summed E-state index contributed by atoms with van der Waals surface area (Å²) in [7, 11) is 1.42. The van der Waals surface area contributed by atoms with Crippen molar-refractivity contribution in [3.05, 3.63) is 22.7 Å². The van der Waals surface area contributed by atoms with Crippen LogP contribution < -0.4 is 9.47 Å². The average Bonchev–Trinajstić information content (AvgIpc) is 2.35. The molecule has 0 fully saturated rings. The number of carbonyl (C=O) groups is 1. The van der Waals surface area contributed by atoms with Gasteiger partial charge >= 0.3 is 5.97 Å². The normalized spacial score (nSPS) is 12.0. The van der Waals surface area contributed by atoms with Crippen molar-refractivity contribution in [3.63, 3.8) is 0 Å². The fourth-order valence-electron chi connectivity index (χ4n) is 1.43. The molecule has 1 aromatic rings. The molecule has 0 saturated heterocycles. The van der Waals surface area contributed by atoms with Crippen molar-refractivity contribution < 1.29 is 24.5 Å². The van der Waals surface area contributed by atoms with E-state index in [4.69, 9.17) is 31.3 Å². The number of carboxylic acids is 1. The van der Waals surface area contributed by atoms with Gasteiger partial charge in [0.15, 0.2) is 17.6 Å². The summed E-state index contributed by atoms with van der Waals surface area (Å²) in [5.74, 6) is -0.598. The van der Waals surface area contributed by atoms with Crippen LogP contribution >= 0.6 is 11.6 Å². The zero-order chi connectivity index (χ0) is 13.7. The van der Waals surface area contributed by atoms with Gasteiger partial charge in [-0.1, -0.05) is 18.5 Å². The van der Waals surface area contributed by atoms with Crippen molar-refractivity contribution in [2.45, 2.75) is 26.1 Å². The van der Waals surface area contributed by atoms with Crippen molar-refractivity contribution in [2.75, 3.05) is 7.11 Å².